The van der Waals surface area contributed by atoms with Gasteiger partial charge in [-0.3, -0.25) is 4.98 Å². The summed E-state index contributed by atoms with van der Waals surface area (Å²) >= 11 is 0. The van der Waals surface area contributed by atoms with Crippen LogP contribution in [0.4, 0.5) is 5.82 Å². The Morgan fingerprint density at radius 3 is 2.50 bits per heavy atom. The zero-order chi connectivity index (χ0) is 13.9. The smallest absolute Gasteiger partial charge is 0.148 e. The number of nitrogens with zero attached hydrogens (tertiary/aromatic N) is 3. The van der Waals surface area contributed by atoms with Gasteiger partial charge >= 0.3 is 0 Å². The first kappa shape index (κ1) is 13.1. The van der Waals surface area contributed by atoms with E-state index in [0.29, 0.717) is 6.04 Å². The molecule has 1 aromatic carbocycles. The Morgan fingerprint density at radius 1 is 1.15 bits per heavy atom. The van der Waals surface area contributed by atoms with Crippen LogP contribution in [0.25, 0.3) is 0 Å². The second-order valence-corrected chi connectivity index (χ2v) is 5.53. The fourth-order valence-corrected chi connectivity index (χ4v) is 2.44. The van der Waals surface area contributed by atoms with Gasteiger partial charge in [0.05, 0.1) is 11.9 Å². The summed E-state index contributed by atoms with van der Waals surface area (Å²) in [5, 5.41) is 3.38. The minimum absolute atomic E-state index is 0.455. The van der Waals surface area contributed by atoms with Gasteiger partial charge in [0.25, 0.3) is 0 Å². The molecule has 3 rings (SSSR count). The van der Waals surface area contributed by atoms with Gasteiger partial charge in [-0.2, -0.15) is 0 Å². The van der Waals surface area contributed by atoms with Gasteiger partial charge < -0.3 is 10.2 Å². The second kappa shape index (κ2) is 5.59. The van der Waals surface area contributed by atoms with Crippen LogP contribution in [-0.4, -0.2) is 16.0 Å². The summed E-state index contributed by atoms with van der Waals surface area (Å²) in [5.74, 6) is 0.962. The SMILES string of the molecule is CC(C)NCc1cncc(N2Cc3ccccc3C2)n1. The topological polar surface area (TPSA) is 41.1 Å². The van der Waals surface area contributed by atoms with E-state index in [1.54, 1.807) is 0 Å². The van der Waals surface area contributed by atoms with E-state index in [1.807, 2.05) is 12.4 Å². The molecule has 2 aromatic rings. The average Bonchev–Trinajstić information content (AvgIpc) is 2.89. The summed E-state index contributed by atoms with van der Waals surface area (Å²) in [6, 6.07) is 9.02. The molecule has 2 heterocycles. The van der Waals surface area contributed by atoms with Gasteiger partial charge in [-0.05, 0) is 11.1 Å². The highest BCUT2D eigenvalue weighted by atomic mass is 15.2. The maximum absolute atomic E-state index is 4.71. The third-order valence-corrected chi connectivity index (χ3v) is 3.53. The highest BCUT2D eigenvalue weighted by Gasteiger charge is 2.19. The van der Waals surface area contributed by atoms with E-state index in [1.165, 1.54) is 11.1 Å². The number of anilines is 1. The van der Waals surface area contributed by atoms with Gasteiger partial charge in [-0.1, -0.05) is 38.1 Å². The van der Waals surface area contributed by atoms with Crippen LogP contribution in [0, 0.1) is 0 Å². The molecule has 0 fully saturated rings. The van der Waals surface area contributed by atoms with E-state index in [9.17, 15) is 0 Å². The highest BCUT2D eigenvalue weighted by Crippen LogP contribution is 2.26. The molecule has 0 unspecified atom stereocenters. The Bertz CT molecular complexity index is 570. The molecule has 0 radical (unpaired) electrons. The van der Waals surface area contributed by atoms with Gasteiger partial charge in [0, 0.05) is 31.9 Å². The zero-order valence-corrected chi connectivity index (χ0v) is 12.0. The molecule has 20 heavy (non-hydrogen) atoms. The van der Waals surface area contributed by atoms with Crippen LogP contribution in [0.15, 0.2) is 36.7 Å². The summed E-state index contributed by atoms with van der Waals surface area (Å²) in [6.07, 6.45) is 3.69. The van der Waals surface area contributed by atoms with Crippen LogP contribution in [-0.2, 0) is 19.6 Å². The van der Waals surface area contributed by atoms with Gasteiger partial charge in [-0.15, -0.1) is 0 Å². The molecule has 1 aliphatic rings. The molecular weight excluding hydrogens is 248 g/mol. The van der Waals surface area contributed by atoms with Gasteiger partial charge in [-0.25, -0.2) is 4.98 Å². The van der Waals surface area contributed by atoms with Crippen molar-refractivity contribution < 1.29 is 0 Å². The number of hydrogen-bond acceptors (Lipinski definition) is 4. The minimum Gasteiger partial charge on any atom is -0.347 e. The predicted octanol–water partition coefficient (Wildman–Crippen LogP) is 2.49. The summed E-state index contributed by atoms with van der Waals surface area (Å²) in [4.78, 5) is 11.3. The number of nitrogens with one attached hydrogen (secondary N) is 1. The van der Waals surface area contributed by atoms with Crippen LogP contribution in [0.5, 0.6) is 0 Å². The van der Waals surface area contributed by atoms with Crippen molar-refractivity contribution in [2.45, 2.75) is 39.5 Å². The molecule has 4 heteroatoms. The van der Waals surface area contributed by atoms with Crippen molar-refractivity contribution >= 4 is 5.82 Å². The molecule has 4 nitrogen and oxygen atoms in total. The average molecular weight is 268 g/mol. The van der Waals surface area contributed by atoms with Crippen LogP contribution in [0.1, 0.15) is 30.7 Å². The van der Waals surface area contributed by atoms with Crippen LogP contribution >= 0.6 is 0 Å². The Hall–Kier alpha value is -1.94. The van der Waals surface area contributed by atoms with Crippen molar-refractivity contribution in [2.75, 3.05) is 4.90 Å². The van der Waals surface area contributed by atoms with Crippen molar-refractivity contribution in [3.8, 4) is 0 Å². The van der Waals surface area contributed by atoms with Crippen molar-refractivity contribution in [2.24, 2.45) is 0 Å². The number of aromatic nitrogens is 2. The summed E-state index contributed by atoms with van der Waals surface area (Å²) < 4.78 is 0. The van der Waals surface area contributed by atoms with Crippen LogP contribution < -0.4 is 10.2 Å². The predicted molar refractivity (Wildman–Crippen MR) is 80.3 cm³/mol. The van der Waals surface area contributed by atoms with E-state index < -0.39 is 0 Å². The molecule has 0 atom stereocenters. The lowest BCUT2D eigenvalue weighted by Gasteiger charge is -2.17. The van der Waals surface area contributed by atoms with Gasteiger partial charge in [0.1, 0.15) is 5.82 Å². The van der Waals surface area contributed by atoms with E-state index in [2.05, 4.69) is 53.3 Å². The fraction of sp³-hybridized carbons (Fsp3) is 0.375. The van der Waals surface area contributed by atoms with Crippen molar-refractivity contribution in [3.63, 3.8) is 0 Å². The first-order chi connectivity index (χ1) is 9.72. The molecule has 0 saturated carbocycles. The molecule has 1 aromatic heterocycles. The summed E-state index contributed by atoms with van der Waals surface area (Å²) in [5.41, 5.74) is 3.77. The van der Waals surface area contributed by atoms with E-state index in [-0.39, 0.29) is 0 Å². The van der Waals surface area contributed by atoms with Crippen molar-refractivity contribution in [1.29, 1.82) is 0 Å². The lowest BCUT2D eigenvalue weighted by atomic mass is 10.1. The molecule has 0 aliphatic carbocycles. The number of fused-ring (bicyclic) bond motifs is 1. The highest BCUT2D eigenvalue weighted by molar-refractivity contribution is 5.46. The molecule has 0 spiro atoms. The lowest BCUT2D eigenvalue weighted by Crippen LogP contribution is -2.23. The number of hydrogen-bond donors (Lipinski definition) is 1. The molecule has 1 aliphatic heterocycles. The van der Waals surface area contributed by atoms with E-state index >= 15 is 0 Å². The monoisotopic (exact) mass is 268 g/mol. The maximum Gasteiger partial charge on any atom is 0.148 e. The van der Waals surface area contributed by atoms with Crippen molar-refractivity contribution in [3.05, 3.63) is 53.5 Å². The molecule has 1 N–H and O–H groups in total. The first-order valence-electron chi connectivity index (χ1n) is 7.08. The van der Waals surface area contributed by atoms with Crippen molar-refractivity contribution in [1.82, 2.24) is 15.3 Å². The Balaban J connectivity index is 1.74. The molecule has 0 saturated heterocycles. The summed E-state index contributed by atoms with van der Waals surface area (Å²) in [6.45, 7) is 6.87. The zero-order valence-electron chi connectivity index (χ0n) is 12.0. The second-order valence-electron chi connectivity index (χ2n) is 5.53. The molecule has 0 amide bonds. The Labute approximate surface area is 119 Å². The summed E-state index contributed by atoms with van der Waals surface area (Å²) in [7, 11) is 0. The number of rotatable bonds is 4. The Morgan fingerprint density at radius 2 is 1.85 bits per heavy atom. The van der Waals surface area contributed by atoms with Crippen LogP contribution in [0.2, 0.25) is 0 Å². The van der Waals surface area contributed by atoms with Gasteiger partial charge in [0.15, 0.2) is 0 Å². The van der Waals surface area contributed by atoms with Crippen LogP contribution in [0.3, 0.4) is 0 Å². The minimum atomic E-state index is 0.455. The maximum atomic E-state index is 4.71. The quantitative estimate of drug-likeness (QED) is 0.925. The van der Waals surface area contributed by atoms with E-state index in [4.69, 9.17) is 4.98 Å². The van der Waals surface area contributed by atoms with E-state index in [0.717, 1.165) is 31.1 Å². The fourth-order valence-electron chi connectivity index (χ4n) is 2.44. The molecule has 104 valence electrons. The number of benzene rings is 1. The largest absolute Gasteiger partial charge is 0.347 e. The first-order valence-corrected chi connectivity index (χ1v) is 7.08. The molecular formula is C16H20N4. The molecule has 0 bridgehead atoms. The van der Waals surface area contributed by atoms with Gasteiger partial charge in [0.2, 0.25) is 0 Å². The third kappa shape index (κ3) is 2.80. The normalized spacial score (nSPS) is 13.8. The standard InChI is InChI=1S/C16H20N4/c1-12(2)18-8-15-7-17-9-16(19-15)20-10-13-5-3-4-6-14(13)11-20/h3-7,9,12,18H,8,10-11H2,1-2H3. The lowest BCUT2D eigenvalue weighted by molar-refractivity contribution is 0.579. The third-order valence-electron chi connectivity index (χ3n) is 3.53. The Kier molecular flexibility index (Phi) is 3.65.